The molecule has 0 saturated heterocycles. The fourth-order valence-electron chi connectivity index (χ4n) is 8.91. The third-order valence-corrected chi connectivity index (χ3v) is 11.6. The Morgan fingerprint density at radius 1 is 0.564 bits per heavy atom. The number of aliphatic imine (C=N–C) groups is 2. The largest absolute Gasteiger partial charge is 0.344 e. The quantitative estimate of drug-likeness (QED) is 0.176. The second kappa shape index (κ2) is 14.0. The maximum absolute atomic E-state index is 5.37. The summed E-state index contributed by atoms with van der Waals surface area (Å²) in [6, 6.07) is 57.1. The predicted molar refractivity (Wildman–Crippen MR) is 228 cm³/mol. The van der Waals surface area contributed by atoms with Gasteiger partial charge < -0.3 is 5.32 Å². The number of benzene rings is 6. The molecule has 6 aromatic carbocycles. The number of rotatable bonds is 7. The van der Waals surface area contributed by atoms with E-state index < -0.39 is 5.41 Å². The molecule has 0 amide bonds. The van der Waals surface area contributed by atoms with Gasteiger partial charge in [-0.05, 0) is 81.0 Å². The van der Waals surface area contributed by atoms with Gasteiger partial charge in [0.1, 0.15) is 12.0 Å². The summed E-state index contributed by atoms with van der Waals surface area (Å²) in [5.41, 5.74) is 14.2. The first-order valence-electron chi connectivity index (χ1n) is 19.5. The smallest absolute Gasteiger partial charge is 0.159 e. The van der Waals surface area contributed by atoms with Crippen molar-refractivity contribution in [1.82, 2.24) is 5.32 Å². The monoisotopic (exact) mass is 707 g/mol. The van der Waals surface area contributed by atoms with Crippen LogP contribution in [0.1, 0.15) is 69.7 Å². The lowest BCUT2D eigenvalue weighted by molar-refractivity contribution is 0.711. The number of allylic oxidation sites excluding steroid dienone is 6. The summed E-state index contributed by atoms with van der Waals surface area (Å²) in [5.74, 6) is 1.88. The van der Waals surface area contributed by atoms with Crippen molar-refractivity contribution in [3.05, 3.63) is 244 Å². The lowest BCUT2D eigenvalue weighted by Crippen LogP contribution is -2.40. The van der Waals surface area contributed by atoms with Crippen LogP contribution < -0.4 is 5.32 Å². The van der Waals surface area contributed by atoms with E-state index in [9.17, 15) is 0 Å². The van der Waals surface area contributed by atoms with E-state index in [2.05, 4.69) is 193 Å². The minimum absolute atomic E-state index is 0.272. The molecule has 4 aliphatic rings. The summed E-state index contributed by atoms with van der Waals surface area (Å²) in [6.45, 7) is 0. The van der Waals surface area contributed by atoms with Crippen molar-refractivity contribution >= 4 is 17.2 Å². The van der Waals surface area contributed by atoms with Gasteiger partial charge in [-0.2, -0.15) is 0 Å². The molecule has 0 fully saturated rings. The third kappa shape index (κ3) is 5.84. The molecule has 264 valence electrons. The van der Waals surface area contributed by atoms with Crippen LogP contribution in [0.4, 0.5) is 0 Å². The molecule has 3 aliphatic carbocycles. The number of nitrogens with one attached hydrogen (secondary N) is 1. The van der Waals surface area contributed by atoms with E-state index in [-0.39, 0.29) is 6.17 Å². The summed E-state index contributed by atoms with van der Waals surface area (Å²) in [7, 11) is 0. The molecule has 1 aliphatic heterocycles. The highest BCUT2D eigenvalue weighted by atomic mass is 15.2. The Morgan fingerprint density at radius 3 is 1.93 bits per heavy atom. The van der Waals surface area contributed by atoms with Crippen LogP contribution in [0.25, 0.3) is 16.7 Å². The van der Waals surface area contributed by atoms with Gasteiger partial charge in [-0.25, -0.2) is 9.98 Å². The van der Waals surface area contributed by atoms with Crippen LogP contribution in [0.3, 0.4) is 0 Å². The Hall–Kier alpha value is -6.58. The standard InChI is InChI=1S/C52H41N3/c1-5-15-36(16-6-1)37-25-27-38(28-26-37)39-29-31-41(32-30-39)50-53-49(40-17-7-2-8-18-40)54-51(55-50)42-33-34-46-45-23-13-14-24-47(45)52(48(46)35-42,43-19-9-3-10-20-43)44-21-11-4-12-22-44/h2-5,7-29,31-35,39,50H,1,6,30H2,(H,53,54,55). The van der Waals surface area contributed by atoms with Crippen molar-refractivity contribution in [2.24, 2.45) is 9.98 Å². The van der Waals surface area contributed by atoms with Gasteiger partial charge in [0.15, 0.2) is 5.84 Å². The second-order valence-corrected chi connectivity index (χ2v) is 14.8. The van der Waals surface area contributed by atoms with Gasteiger partial charge in [-0.15, -0.1) is 0 Å². The van der Waals surface area contributed by atoms with E-state index in [0.717, 1.165) is 47.6 Å². The number of amidine groups is 2. The minimum Gasteiger partial charge on any atom is -0.344 e. The molecule has 0 aromatic heterocycles. The topological polar surface area (TPSA) is 36.8 Å². The summed E-state index contributed by atoms with van der Waals surface area (Å²) in [4.78, 5) is 10.6. The zero-order valence-corrected chi connectivity index (χ0v) is 30.6. The maximum Gasteiger partial charge on any atom is 0.159 e. The van der Waals surface area contributed by atoms with Crippen molar-refractivity contribution in [2.45, 2.75) is 36.8 Å². The van der Waals surface area contributed by atoms with Gasteiger partial charge in [0.2, 0.25) is 0 Å². The van der Waals surface area contributed by atoms with Crippen LogP contribution in [0.5, 0.6) is 0 Å². The highest BCUT2D eigenvalue weighted by Crippen LogP contribution is 2.56. The van der Waals surface area contributed by atoms with Gasteiger partial charge in [0.05, 0.1) is 5.41 Å². The summed E-state index contributed by atoms with van der Waals surface area (Å²) in [6.07, 6.45) is 16.7. The molecule has 1 heterocycles. The molecule has 3 nitrogen and oxygen atoms in total. The number of nitrogens with zero attached hydrogens (tertiary/aromatic N) is 2. The first-order chi connectivity index (χ1) is 27.3. The van der Waals surface area contributed by atoms with Crippen LogP contribution in [-0.2, 0) is 5.41 Å². The fourth-order valence-corrected chi connectivity index (χ4v) is 8.91. The van der Waals surface area contributed by atoms with Gasteiger partial charge >= 0.3 is 0 Å². The van der Waals surface area contributed by atoms with E-state index in [0.29, 0.717) is 5.92 Å². The first kappa shape index (κ1) is 33.0. The Kier molecular flexibility index (Phi) is 8.41. The van der Waals surface area contributed by atoms with E-state index in [4.69, 9.17) is 9.98 Å². The van der Waals surface area contributed by atoms with E-state index in [1.807, 2.05) is 6.07 Å². The predicted octanol–water partition coefficient (Wildman–Crippen LogP) is 11.6. The Balaban J connectivity index is 1.04. The average molecular weight is 708 g/mol. The number of hydrogen-bond donors (Lipinski definition) is 1. The van der Waals surface area contributed by atoms with E-state index in [1.165, 1.54) is 50.1 Å². The van der Waals surface area contributed by atoms with Gasteiger partial charge in [-0.3, -0.25) is 0 Å². The molecule has 55 heavy (non-hydrogen) atoms. The van der Waals surface area contributed by atoms with E-state index in [1.54, 1.807) is 0 Å². The molecule has 0 spiro atoms. The van der Waals surface area contributed by atoms with Crippen LogP contribution >= 0.6 is 0 Å². The summed E-state index contributed by atoms with van der Waals surface area (Å²) < 4.78 is 0. The SMILES string of the molecule is C1=CC(c2ccc(C3C=CC(C4N=C(c5ccc6c(c5)C(c5ccccc5)(c5ccccc5)c5ccccc5-6)N=C(c5ccccc5)N4)=CC3)cc2)=CCC1. The van der Waals surface area contributed by atoms with E-state index >= 15 is 0 Å². The fraction of sp³-hybridized carbons (Fsp3) is 0.115. The lowest BCUT2D eigenvalue weighted by atomic mass is 9.67. The first-order valence-corrected chi connectivity index (χ1v) is 19.5. The highest BCUT2D eigenvalue weighted by Gasteiger charge is 2.46. The zero-order valence-electron chi connectivity index (χ0n) is 30.6. The molecule has 6 aromatic rings. The molecule has 0 saturated carbocycles. The average Bonchev–Trinajstić information content (AvgIpc) is 3.58. The molecule has 3 heteroatoms. The van der Waals surface area contributed by atoms with Crippen molar-refractivity contribution in [3.63, 3.8) is 0 Å². The van der Waals surface area contributed by atoms with Crippen LogP contribution in [0, 0.1) is 0 Å². The Morgan fingerprint density at radius 2 is 1.24 bits per heavy atom. The van der Waals surface area contributed by atoms with Gasteiger partial charge in [0, 0.05) is 17.0 Å². The third-order valence-electron chi connectivity index (χ3n) is 11.6. The zero-order chi connectivity index (χ0) is 36.6. The Labute approximate surface area is 323 Å². The van der Waals surface area contributed by atoms with Gasteiger partial charge in [0.25, 0.3) is 0 Å². The molecule has 2 unspecified atom stereocenters. The summed E-state index contributed by atoms with van der Waals surface area (Å²) in [5, 5.41) is 3.70. The Bertz CT molecular complexity index is 2530. The number of fused-ring (bicyclic) bond motifs is 3. The maximum atomic E-state index is 5.37. The van der Waals surface area contributed by atoms with Crippen molar-refractivity contribution in [2.75, 3.05) is 0 Å². The van der Waals surface area contributed by atoms with Crippen molar-refractivity contribution in [1.29, 1.82) is 0 Å². The van der Waals surface area contributed by atoms with Gasteiger partial charge in [-0.1, -0.05) is 188 Å². The van der Waals surface area contributed by atoms with Crippen LogP contribution in [0.2, 0.25) is 0 Å². The molecule has 0 bridgehead atoms. The van der Waals surface area contributed by atoms with Crippen LogP contribution in [-0.4, -0.2) is 17.8 Å². The number of hydrogen-bond acceptors (Lipinski definition) is 3. The lowest BCUT2D eigenvalue weighted by Gasteiger charge is -2.34. The normalized spacial score (nSPS) is 19.3. The molecule has 10 rings (SSSR count). The molecule has 1 N–H and O–H groups in total. The van der Waals surface area contributed by atoms with Crippen molar-refractivity contribution < 1.29 is 0 Å². The highest BCUT2D eigenvalue weighted by molar-refractivity contribution is 6.13. The molecule has 0 radical (unpaired) electrons. The second-order valence-electron chi connectivity index (χ2n) is 14.8. The molecule has 2 atom stereocenters. The summed E-state index contributed by atoms with van der Waals surface area (Å²) >= 11 is 0. The molecular formula is C52H41N3. The van der Waals surface area contributed by atoms with Crippen LogP contribution in [0.15, 0.2) is 210 Å². The van der Waals surface area contributed by atoms with Crippen molar-refractivity contribution in [3.8, 4) is 11.1 Å². The minimum atomic E-state index is -0.491. The molecular weight excluding hydrogens is 667 g/mol.